The van der Waals surface area contributed by atoms with Crippen LogP contribution in [0, 0.1) is 0 Å². The van der Waals surface area contributed by atoms with Crippen LogP contribution in [0.3, 0.4) is 0 Å². The molecule has 4 rings (SSSR count). The van der Waals surface area contributed by atoms with Gasteiger partial charge in [0.2, 0.25) is 5.91 Å². The molecule has 2 heterocycles. The van der Waals surface area contributed by atoms with Crippen molar-refractivity contribution in [2.45, 2.75) is 38.3 Å². The van der Waals surface area contributed by atoms with Crippen LogP contribution < -0.4 is 5.32 Å². The summed E-state index contributed by atoms with van der Waals surface area (Å²) >= 11 is 0. The van der Waals surface area contributed by atoms with Gasteiger partial charge in [-0.2, -0.15) is 13.2 Å². The smallest absolute Gasteiger partial charge is 0.337 e. The predicted octanol–water partition coefficient (Wildman–Crippen LogP) is 3.84. The fraction of sp³-hybridized carbons (Fsp3) is 0.304. The van der Waals surface area contributed by atoms with E-state index in [1.807, 2.05) is 34.9 Å². The molecule has 0 aliphatic carbocycles. The number of imidazole rings is 1. The molecule has 1 N–H and O–H groups in total. The lowest BCUT2D eigenvalue weighted by atomic mass is 10.1. The lowest BCUT2D eigenvalue weighted by molar-refractivity contribution is -0.137. The van der Waals surface area contributed by atoms with E-state index in [1.54, 1.807) is 23.5 Å². The lowest BCUT2D eigenvalue weighted by Gasteiger charge is -2.18. The van der Waals surface area contributed by atoms with E-state index < -0.39 is 11.7 Å². The van der Waals surface area contributed by atoms with Crippen molar-refractivity contribution in [3.05, 3.63) is 89.5 Å². The number of amides is 1. The third-order valence-corrected chi connectivity index (χ3v) is 5.45. The first-order valence-corrected chi connectivity index (χ1v) is 10.1. The molecule has 0 spiro atoms. The Balaban J connectivity index is 1.34. The molecule has 1 aliphatic heterocycles. The molecule has 3 aromatic rings. The van der Waals surface area contributed by atoms with Crippen LogP contribution in [0.25, 0.3) is 0 Å². The number of hydrogen-bond acceptors (Lipinski definition) is 3. The van der Waals surface area contributed by atoms with Gasteiger partial charge in [-0.3, -0.25) is 4.79 Å². The zero-order valence-corrected chi connectivity index (χ0v) is 16.8. The maximum absolute atomic E-state index is 12.9. The molecular weight excluding hydrogens is 405 g/mol. The van der Waals surface area contributed by atoms with E-state index in [2.05, 4.69) is 10.3 Å². The molecule has 1 aromatic heterocycles. The van der Waals surface area contributed by atoms with E-state index in [1.165, 1.54) is 6.07 Å². The zero-order valence-electron chi connectivity index (χ0n) is 16.8. The van der Waals surface area contributed by atoms with Crippen LogP contribution in [0.4, 0.5) is 13.2 Å². The number of nitrogens with one attached hydrogen (secondary N) is 1. The lowest BCUT2D eigenvalue weighted by Crippen LogP contribution is -2.38. The van der Waals surface area contributed by atoms with E-state index in [0.29, 0.717) is 31.6 Å². The molecule has 1 fully saturated rings. The second kappa shape index (κ2) is 8.93. The summed E-state index contributed by atoms with van der Waals surface area (Å²) in [6.07, 6.45) is -0.237. The van der Waals surface area contributed by atoms with E-state index in [4.69, 9.17) is 0 Å². The van der Waals surface area contributed by atoms with E-state index in [0.717, 1.165) is 23.4 Å². The Hall–Kier alpha value is -3.13. The first kappa shape index (κ1) is 21.1. The third-order valence-electron chi connectivity index (χ3n) is 5.45. The molecular formula is C23H23F3N4O. The molecule has 0 unspecified atom stereocenters. The largest absolute Gasteiger partial charge is 0.416 e. The highest BCUT2D eigenvalue weighted by Gasteiger charge is 2.33. The number of carbonyl (C=O) groups is 1. The molecule has 1 saturated heterocycles. The highest BCUT2D eigenvalue weighted by atomic mass is 19.4. The Bertz CT molecular complexity index is 1030. The van der Waals surface area contributed by atoms with Gasteiger partial charge in [0.1, 0.15) is 0 Å². The summed E-state index contributed by atoms with van der Waals surface area (Å²) < 4.78 is 40.8. The van der Waals surface area contributed by atoms with Crippen molar-refractivity contribution in [3.8, 4) is 0 Å². The Morgan fingerprint density at radius 3 is 2.58 bits per heavy atom. The number of rotatable bonds is 7. The molecule has 8 heteroatoms. The van der Waals surface area contributed by atoms with Crippen molar-refractivity contribution in [1.82, 2.24) is 19.8 Å². The van der Waals surface area contributed by atoms with Gasteiger partial charge in [-0.15, -0.1) is 0 Å². The normalized spacial score (nSPS) is 16.8. The summed E-state index contributed by atoms with van der Waals surface area (Å²) in [5.74, 6) is -0.0912. The van der Waals surface area contributed by atoms with Crippen LogP contribution in [0.5, 0.6) is 0 Å². The van der Waals surface area contributed by atoms with Crippen molar-refractivity contribution >= 4 is 5.91 Å². The topological polar surface area (TPSA) is 50.2 Å². The number of halogens is 3. The monoisotopic (exact) mass is 428 g/mol. The van der Waals surface area contributed by atoms with Crippen molar-refractivity contribution < 1.29 is 18.0 Å². The average molecular weight is 428 g/mol. The van der Waals surface area contributed by atoms with Crippen LogP contribution in [-0.2, 0) is 30.6 Å². The molecule has 1 atom stereocenters. The molecule has 162 valence electrons. The van der Waals surface area contributed by atoms with Gasteiger partial charge in [0, 0.05) is 32.4 Å². The maximum atomic E-state index is 12.9. The summed E-state index contributed by atoms with van der Waals surface area (Å²) in [6, 6.07) is 14.8. The maximum Gasteiger partial charge on any atom is 0.416 e. The van der Waals surface area contributed by atoms with Crippen molar-refractivity contribution in [3.63, 3.8) is 0 Å². The van der Waals surface area contributed by atoms with Crippen molar-refractivity contribution in [2.24, 2.45) is 0 Å². The molecule has 5 nitrogen and oxygen atoms in total. The zero-order chi connectivity index (χ0) is 21.8. The minimum Gasteiger partial charge on any atom is -0.337 e. The summed E-state index contributed by atoms with van der Waals surface area (Å²) in [5.41, 5.74) is 1.90. The summed E-state index contributed by atoms with van der Waals surface area (Å²) in [5, 5.41) is 3.28. The van der Waals surface area contributed by atoms with E-state index in [-0.39, 0.29) is 18.5 Å². The minimum atomic E-state index is -4.39. The number of likely N-dealkylation sites (tertiary alicyclic amines) is 1. The highest BCUT2D eigenvalue weighted by Crippen LogP contribution is 2.30. The summed E-state index contributed by atoms with van der Waals surface area (Å²) in [4.78, 5) is 18.6. The molecule has 1 amide bonds. The van der Waals surface area contributed by atoms with Crippen LogP contribution in [0.1, 0.15) is 28.8 Å². The van der Waals surface area contributed by atoms with Gasteiger partial charge < -0.3 is 14.8 Å². The van der Waals surface area contributed by atoms with Gasteiger partial charge in [0.15, 0.2) is 0 Å². The second-order valence-corrected chi connectivity index (χ2v) is 7.68. The Labute approximate surface area is 178 Å². The molecule has 2 aromatic carbocycles. The van der Waals surface area contributed by atoms with Crippen molar-refractivity contribution in [2.75, 3.05) is 6.54 Å². The number of carbonyl (C=O) groups excluding carboxylic acids is 1. The van der Waals surface area contributed by atoms with Crippen LogP contribution in [-0.4, -0.2) is 32.9 Å². The number of benzene rings is 2. The Kier molecular flexibility index (Phi) is 6.08. The van der Waals surface area contributed by atoms with Gasteiger partial charge in [0.05, 0.1) is 23.6 Å². The second-order valence-electron chi connectivity index (χ2n) is 7.68. The van der Waals surface area contributed by atoms with Crippen LogP contribution >= 0.6 is 0 Å². The summed E-state index contributed by atoms with van der Waals surface area (Å²) in [6.45, 7) is 1.86. The van der Waals surface area contributed by atoms with Gasteiger partial charge in [-0.05, 0) is 29.7 Å². The predicted molar refractivity (Wildman–Crippen MR) is 110 cm³/mol. The molecule has 1 aliphatic rings. The first-order chi connectivity index (χ1) is 14.9. The fourth-order valence-corrected chi connectivity index (χ4v) is 3.80. The SMILES string of the molecule is O=C1[C@@H](NCc2cncn2Cc2ccccc2)CCN1Cc1cccc(C(F)(F)F)c1. The summed E-state index contributed by atoms with van der Waals surface area (Å²) in [7, 11) is 0. The van der Waals surface area contributed by atoms with Crippen LogP contribution in [0.15, 0.2) is 67.1 Å². The van der Waals surface area contributed by atoms with Gasteiger partial charge in [0.25, 0.3) is 0 Å². The number of hydrogen-bond donors (Lipinski definition) is 1. The highest BCUT2D eigenvalue weighted by molar-refractivity contribution is 5.83. The number of nitrogens with zero attached hydrogens (tertiary/aromatic N) is 3. The minimum absolute atomic E-state index is 0.0912. The fourth-order valence-electron chi connectivity index (χ4n) is 3.80. The Morgan fingerprint density at radius 2 is 1.81 bits per heavy atom. The molecule has 0 radical (unpaired) electrons. The number of aromatic nitrogens is 2. The van der Waals surface area contributed by atoms with Crippen molar-refractivity contribution in [1.29, 1.82) is 0 Å². The average Bonchev–Trinajstić information content (AvgIpc) is 3.33. The van der Waals surface area contributed by atoms with E-state index in [9.17, 15) is 18.0 Å². The van der Waals surface area contributed by atoms with Crippen LogP contribution in [0.2, 0.25) is 0 Å². The molecule has 0 bridgehead atoms. The molecule has 31 heavy (non-hydrogen) atoms. The van der Waals surface area contributed by atoms with E-state index >= 15 is 0 Å². The Morgan fingerprint density at radius 1 is 1.03 bits per heavy atom. The van der Waals surface area contributed by atoms with Gasteiger partial charge in [-0.25, -0.2) is 4.98 Å². The first-order valence-electron chi connectivity index (χ1n) is 10.1. The molecule has 0 saturated carbocycles. The third kappa shape index (κ3) is 5.14. The standard InChI is InChI=1S/C23H23F3N4O/c24-23(25,26)19-8-4-7-18(11-19)15-29-10-9-21(22(29)31)28-13-20-12-27-16-30(20)14-17-5-2-1-3-6-17/h1-8,11-12,16,21,28H,9-10,13-15H2/t21-/m0/s1. The van der Waals surface area contributed by atoms with Gasteiger partial charge >= 0.3 is 6.18 Å². The van der Waals surface area contributed by atoms with Gasteiger partial charge in [-0.1, -0.05) is 42.5 Å². The quantitative estimate of drug-likeness (QED) is 0.622. The number of alkyl halides is 3.